The summed E-state index contributed by atoms with van der Waals surface area (Å²) in [6.45, 7) is 0.737. The number of hydrogen-bond acceptors (Lipinski definition) is 4. The Labute approximate surface area is 96.5 Å². The molecule has 2 heterocycles. The lowest BCUT2D eigenvalue weighted by atomic mass is 10.1. The predicted octanol–water partition coefficient (Wildman–Crippen LogP) is 0.695. The van der Waals surface area contributed by atoms with Crippen LogP contribution in [-0.4, -0.2) is 32.1 Å². The van der Waals surface area contributed by atoms with E-state index in [0.29, 0.717) is 5.92 Å². The van der Waals surface area contributed by atoms with E-state index in [4.69, 9.17) is 5.11 Å². The Morgan fingerprint density at radius 3 is 3.12 bits per heavy atom. The first-order valence-electron chi connectivity index (χ1n) is 5.04. The summed E-state index contributed by atoms with van der Waals surface area (Å²) in [7, 11) is 0. The van der Waals surface area contributed by atoms with Gasteiger partial charge in [-0.15, -0.1) is 0 Å². The molecular weight excluding hydrogens is 228 g/mol. The van der Waals surface area contributed by atoms with Gasteiger partial charge in [-0.2, -0.15) is 16.7 Å². The first-order chi connectivity index (χ1) is 7.66. The summed E-state index contributed by atoms with van der Waals surface area (Å²) in [5, 5.41) is 8.79. The highest BCUT2D eigenvalue weighted by Gasteiger charge is 2.17. The SMILES string of the molecule is O=C(O)c1cn(CC2CCSC2)cnc1=O. The molecule has 0 saturated carbocycles. The fourth-order valence-corrected chi connectivity index (χ4v) is 2.99. The van der Waals surface area contributed by atoms with E-state index in [1.807, 2.05) is 11.8 Å². The van der Waals surface area contributed by atoms with Gasteiger partial charge in [0.2, 0.25) is 0 Å². The third kappa shape index (κ3) is 2.44. The van der Waals surface area contributed by atoms with Gasteiger partial charge in [-0.25, -0.2) is 4.79 Å². The van der Waals surface area contributed by atoms with Crippen molar-refractivity contribution < 1.29 is 9.90 Å². The summed E-state index contributed by atoms with van der Waals surface area (Å²) in [5.41, 5.74) is -0.933. The Morgan fingerprint density at radius 2 is 2.50 bits per heavy atom. The molecule has 1 aliphatic heterocycles. The van der Waals surface area contributed by atoms with E-state index in [-0.39, 0.29) is 5.56 Å². The molecule has 1 fully saturated rings. The summed E-state index contributed by atoms with van der Waals surface area (Å²) in [4.78, 5) is 25.5. The van der Waals surface area contributed by atoms with Gasteiger partial charge in [0.15, 0.2) is 0 Å². The van der Waals surface area contributed by atoms with Crippen LogP contribution in [0.3, 0.4) is 0 Å². The van der Waals surface area contributed by atoms with E-state index in [0.717, 1.165) is 24.5 Å². The van der Waals surface area contributed by atoms with E-state index in [2.05, 4.69) is 4.98 Å². The second-order valence-electron chi connectivity index (χ2n) is 3.82. The zero-order valence-electron chi connectivity index (χ0n) is 8.63. The topological polar surface area (TPSA) is 72.2 Å². The largest absolute Gasteiger partial charge is 0.477 e. The smallest absolute Gasteiger partial charge is 0.342 e. The third-order valence-electron chi connectivity index (χ3n) is 2.57. The number of rotatable bonds is 3. The Bertz CT molecular complexity index is 452. The van der Waals surface area contributed by atoms with E-state index in [9.17, 15) is 9.59 Å². The van der Waals surface area contributed by atoms with Crippen molar-refractivity contribution in [2.45, 2.75) is 13.0 Å². The van der Waals surface area contributed by atoms with Crippen LogP contribution in [0, 0.1) is 5.92 Å². The van der Waals surface area contributed by atoms with Crippen LogP contribution < -0.4 is 5.56 Å². The third-order valence-corrected chi connectivity index (χ3v) is 3.80. The molecule has 1 aliphatic rings. The van der Waals surface area contributed by atoms with Crippen molar-refractivity contribution >= 4 is 17.7 Å². The maximum Gasteiger partial charge on any atom is 0.342 e. The highest BCUT2D eigenvalue weighted by Crippen LogP contribution is 2.24. The van der Waals surface area contributed by atoms with Crippen LogP contribution in [0.5, 0.6) is 0 Å². The Kier molecular flexibility index (Phi) is 3.28. The number of carboxylic acid groups (broad SMARTS) is 1. The van der Waals surface area contributed by atoms with Crippen molar-refractivity contribution in [1.82, 2.24) is 9.55 Å². The zero-order valence-corrected chi connectivity index (χ0v) is 9.44. The monoisotopic (exact) mass is 240 g/mol. The second-order valence-corrected chi connectivity index (χ2v) is 4.97. The van der Waals surface area contributed by atoms with Gasteiger partial charge in [-0.05, 0) is 23.8 Å². The summed E-state index contributed by atoms with van der Waals surface area (Å²) in [6, 6.07) is 0. The lowest BCUT2D eigenvalue weighted by molar-refractivity contribution is 0.0693. The van der Waals surface area contributed by atoms with Crippen molar-refractivity contribution in [1.29, 1.82) is 0 Å². The van der Waals surface area contributed by atoms with Crippen molar-refractivity contribution in [3.05, 3.63) is 28.4 Å². The van der Waals surface area contributed by atoms with Crippen molar-refractivity contribution in [3.63, 3.8) is 0 Å². The lowest BCUT2D eigenvalue weighted by Gasteiger charge is -2.11. The van der Waals surface area contributed by atoms with Gasteiger partial charge in [0.25, 0.3) is 5.56 Å². The van der Waals surface area contributed by atoms with Crippen LogP contribution in [0.25, 0.3) is 0 Å². The highest BCUT2D eigenvalue weighted by atomic mass is 32.2. The number of thioether (sulfide) groups is 1. The maximum atomic E-state index is 11.1. The number of aromatic nitrogens is 2. The molecule has 1 unspecified atom stereocenters. The van der Waals surface area contributed by atoms with Gasteiger partial charge in [0.05, 0.1) is 6.33 Å². The van der Waals surface area contributed by atoms with Gasteiger partial charge >= 0.3 is 5.97 Å². The molecule has 0 amide bonds. The highest BCUT2D eigenvalue weighted by molar-refractivity contribution is 7.99. The van der Waals surface area contributed by atoms with E-state index in [1.165, 1.54) is 12.5 Å². The molecule has 2 rings (SSSR count). The molecule has 16 heavy (non-hydrogen) atoms. The Hall–Kier alpha value is -1.30. The van der Waals surface area contributed by atoms with E-state index >= 15 is 0 Å². The average molecular weight is 240 g/mol. The van der Waals surface area contributed by atoms with Crippen LogP contribution in [0.2, 0.25) is 0 Å². The quantitative estimate of drug-likeness (QED) is 0.841. The molecule has 0 bridgehead atoms. The second kappa shape index (κ2) is 4.69. The summed E-state index contributed by atoms with van der Waals surface area (Å²) >= 11 is 1.90. The molecule has 6 heteroatoms. The Morgan fingerprint density at radius 1 is 1.69 bits per heavy atom. The summed E-state index contributed by atoms with van der Waals surface area (Å²) in [6.07, 6.45) is 3.93. The standard InChI is InChI=1S/C10H12N2O3S/c13-9-8(10(14)15)4-12(6-11-9)3-7-1-2-16-5-7/h4,6-7H,1-3,5H2,(H,14,15). The Balaban J connectivity index is 2.18. The number of carbonyl (C=O) groups is 1. The zero-order chi connectivity index (χ0) is 11.5. The van der Waals surface area contributed by atoms with Crippen LogP contribution in [0.1, 0.15) is 16.8 Å². The van der Waals surface area contributed by atoms with E-state index < -0.39 is 11.5 Å². The summed E-state index contributed by atoms with van der Waals surface area (Å²) in [5.74, 6) is 1.59. The fraction of sp³-hybridized carbons (Fsp3) is 0.500. The normalized spacial score (nSPS) is 19.9. The maximum absolute atomic E-state index is 11.1. The first-order valence-corrected chi connectivity index (χ1v) is 6.19. The van der Waals surface area contributed by atoms with Gasteiger partial charge in [-0.3, -0.25) is 4.79 Å². The molecule has 1 N–H and O–H groups in total. The fourth-order valence-electron chi connectivity index (χ4n) is 1.72. The molecule has 0 radical (unpaired) electrons. The molecule has 0 spiro atoms. The molecule has 1 saturated heterocycles. The van der Waals surface area contributed by atoms with Gasteiger partial charge in [0.1, 0.15) is 5.56 Å². The van der Waals surface area contributed by atoms with E-state index in [1.54, 1.807) is 4.57 Å². The average Bonchev–Trinajstić information content (AvgIpc) is 2.73. The number of carboxylic acids is 1. The number of nitrogens with zero attached hydrogens (tertiary/aromatic N) is 2. The lowest BCUT2D eigenvalue weighted by Crippen LogP contribution is -2.22. The predicted molar refractivity (Wildman–Crippen MR) is 60.9 cm³/mol. The minimum atomic E-state index is -1.22. The molecular formula is C10H12N2O3S. The van der Waals surface area contributed by atoms with Gasteiger partial charge in [-0.1, -0.05) is 0 Å². The molecule has 1 aromatic rings. The molecule has 0 aromatic carbocycles. The summed E-state index contributed by atoms with van der Waals surface area (Å²) < 4.78 is 1.70. The van der Waals surface area contributed by atoms with Crippen LogP contribution in [-0.2, 0) is 6.54 Å². The van der Waals surface area contributed by atoms with Crippen molar-refractivity contribution in [2.24, 2.45) is 5.92 Å². The number of hydrogen-bond donors (Lipinski definition) is 1. The van der Waals surface area contributed by atoms with Crippen LogP contribution in [0.4, 0.5) is 0 Å². The molecule has 5 nitrogen and oxygen atoms in total. The minimum Gasteiger partial charge on any atom is -0.477 e. The van der Waals surface area contributed by atoms with Crippen molar-refractivity contribution in [2.75, 3.05) is 11.5 Å². The van der Waals surface area contributed by atoms with Gasteiger partial charge < -0.3 is 9.67 Å². The molecule has 86 valence electrons. The van der Waals surface area contributed by atoms with Crippen LogP contribution in [0.15, 0.2) is 17.3 Å². The van der Waals surface area contributed by atoms with Gasteiger partial charge in [0, 0.05) is 12.7 Å². The molecule has 1 aromatic heterocycles. The molecule has 0 aliphatic carbocycles. The van der Waals surface area contributed by atoms with Crippen LogP contribution >= 0.6 is 11.8 Å². The minimum absolute atomic E-state index is 0.256. The molecule has 1 atom stereocenters. The first kappa shape index (κ1) is 11.2. The number of aromatic carboxylic acids is 1. The van der Waals surface area contributed by atoms with Crippen molar-refractivity contribution in [3.8, 4) is 0 Å².